The Labute approximate surface area is 189 Å². The molecule has 1 saturated carbocycles. The van der Waals surface area contributed by atoms with Gasteiger partial charge < -0.3 is 4.74 Å². The predicted octanol–water partition coefficient (Wildman–Crippen LogP) is 5.19. The first-order valence-corrected chi connectivity index (χ1v) is 11.6. The molecular formula is C27H30N2O3. The van der Waals surface area contributed by atoms with Crippen LogP contribution in [0.4, 0.5) is 5.82 Å². The normalized spacial score (nSPS) is 25.5. The average Bonchev–Trinajstić information content (AvgIpc) is 3.06. The molecule has 0 N–H and O–H groups in total. The van der Waals surface area contributed by atoms with Gasteiger partial charge in [0.15, 0.2) is 11.5 Å². The van der Waals surface area contributed by atoms with Crippen LogP contribution in [0.2, 0.25) is 0 Å². The van der Waals surface area contributed by atoms with E-state index in [1.807, 2.05) is 31.2 Å². The fourth-order valence-electron chi connectivity index (χ4n) is 5.21. The number of hydrogen-bond acceptors (Lipinski definition) is 4. The first kappa shape index (κ1) is 20.9. The number of ketones is 1. The molecule has 3 heterocycles. The summed E-state index contributed by atoms with van der Waals surface area (Å²) in [5, 5.41) is 0. The molecular weight excluding hydrogens is 400 g/mol. The quantitative estimate of drug-likeness (QED) is 0.658. The SMILES string of the molecule is Cc1ccnc(N2C(=O)C3=C(C(=O)C4CCCCC4O3)C2c2ccc(C(C)(C)C)cc2)c1. The van der Waals surface area contributed by atoms with Gasteiger partial charge in [-0.1, -0.05) is 51.5 Å². The molecule has 0 radical (unpaired) electrons. The molecule has 32 heavy (non-hydrogen) atoms. The number of amides is 1. The molecule has 2 aromatic rings. The maximum absolute atomic E-state index is 13.7. The van der Waals surface area contributed by atoms with E-state index < -0.39 is 6.04 Å². The Morgan fingerprint density at radius 2 is 1.75 bits per heavy atom. The summed E-state index contributed by atoms with van der Waals surface area (Å²) >= 11 is 0. The molecule has 5 rings (SSSR count). The summed E-state index contributed by atoms with van der Waals surface area (Å²) in [6, 6.07) is 11.5. The van der Waals surface area contributed by atoms with E-state index in [0.717, 1.165) is 36.8 Å². The summed E-state index contributed by atoms with van der Waals surface area (Å²) in [4.78, 5) is 33.5. The van der Waals surface area contributed by atoms with Crippen LogP contribution in [0.1, 0.15) is 69.2 Å². The molecule has 5 heteroatoms. The Bertz CT molecular complexity index is 1110. The molecule has 1 aromatic carbocycles. The lowest BCUT2D eigenvalue weighted by molar-refractivity contribution is -0.131. The van der Waals surface area contributed by atoms with Crippen molar-refractivity contribution in [3.05, 3.63) is 70.6 Å². The molecule has 5 nitrogen and oxygen atoms in total. The average molecular weight is 431 g/mol. The molecule has 0 saturated heterocycles. The Morgan fingerprint density at radius 3 is 2.44 bits per heavy atom. The second-order valence-electron chi connectivity index (χ2n) is 10.3. The maximum atomic E-state index is 13.7. The molecule has 2 aliphatic heterocycles. The van der Waals surface area contributed by atoms with Gasteiger partial charge >= 0.3 is 0 Å². The Balaban J connectivity index is 1.64. The zero-order valence-corrected chi connectivity index (χ0v) is 19.2. The first-order chi connectivity index (χ1) is 15.3. The van der Waals surface area contributed by atoms with Gasteiger partial charge in [0, 0.05) is 6.20 Å². The highest BCUT2D eigenvalue weighted by Gasteiger charge is 2.52. The third-order valence-electron chi connectivity index (χ3n) is 7.00. The third-order valence-corrected chi connectivity index (χ3v) is 7.00. The Hall–Kier alpha value is -2.95. The summed E-state index contributed by atoms with van der Waals surface area (Å²) in [5.74, 6) is 0.432. The van der Waals surface area contributed by atoms with E-state index >= 15 is 0 Å². The van der Waals surface area contributed by atoms with Gasteiger partial charge in [-0.25, -0.2) is 4.98 Å². The number of aryl methyl sites for hydroxylation is 1. The number of rotatable bonds is 2. The lowest BCUT2D eigenvalue weighted by Gasteiger charge is -2.35. The van der Waals surface area contributed by atoms with E-state index in [9.17, 15) is 9.59 Å². The summed E-state index contributed by atoms with van der Waals surface area (Å²) < 4.78 is 6.25. The number of Topliss-reactive ketones (excluding diaryl/α,β-unsaturated/α-hetero) is 1. The molecule has 1 amide bonds. The molecule has 1 aliphatic carbocycles. The molecule has 3 aliphatic rings. The van der Waals surface area contributed by atoms with Crippen LogP contribution in [0.3, 0.4) is 0 Å². The van der Waals surface area contributed by atoms with E-state index in [1.165, 1.54) is 5.56 Å². The van der Waals surface area contributed by atoms with Crippen LogP contribution >= 0.6 is 0 Å². The van der Waals surface area contributed by atoms with Gasteiger partial charge in [-0.3, -0.25) is 14.5 Å². The smallest absolute Gasteiger partial charge is 0.295 e. The molecule has 1 aromatic heterocycles. The Kier molecular flexibility index (Phi) is 4.95. The maximum Gasteiger partial charge on any atom is 0.295 e. The molecule has 1 fully saturated rings. The number of aromatic nitrogens is 1. The molecule has 166 valence electrons. The van der Waals surface area contributed by atoms with Crippen LogP contribution in [0.15, 0.2) is 53.9 Å². The van der Waals surface area contributed by atoms with Crippen molar-refractivity contribution in [3.8, 4) is 0 Å². The summed E-state index contributed by atoms with van der Waals surface area (Å²) in [7, 11) is 0. The molecule has 3 unspecified atom stereocenters. The van der Waals surface area contributed by atoms with Crippen molar-refractivity contribution < 1.29 is 14.3 Å². The Morgan fingerprint density at radius 1 is 1.03 bits per heavy atom. The minimum Gasteiger partial charge on any atom is -0.483 e. The van der Waals surface area contributed by atoms with Gasteiger partial charge in [0.1, 0.15) is 11.9 Å². The fraction of sp³-hybridized carbons (Fsp3) is 0.444. The largest absolute Gasteiger partial charge is 0.483 e. The lowest BCUT2D eigenvalue weighted by atomic mass is 9.77. The van der Waals surface area contributed by atoms with Crippen molar-refractivity contribution in [3.63, 3.8) is 0 Å². The summed E-state index contributed by atoms with van der Waals surface area (Å²) in [6.45, 7) is 8.49. The van der Waals surface area contributed by atoms with Crippen molar-refractivity contribution in [1.29, 1.82) is 0 Å². The zero-order valence-electron chi connectivity index (χ0n) is 19.2. The number of pyridine rings is 1. The predicted molar refractivity (Wildman–Crippen MR) is 123 cm³/mol. The molecule has 3 atom stereocenters. The van der Waals surface area contributed by atoms with Crippen LogP contribution < -0.4 is 4.90 Å². The highest BCUT2D eigenvalue weighted by molar-refractivity contribution is 6.17. The van der Waals surface area contributed by atoms with Gasteiger partial charge in [0.05, 0.1) is 17.5 Å². The minimum absolute atomic E-state index is 0.0192. The number of nitrogens with zero attached hydrogens (tertiary/aromatic N) is 2. The topological polar surface area (TPSA) is 59.5 Å². The highest BCUT2D eigenvalue weighted by Crippen LogP contribution is 2.48. The number of carbonyl (C=O) groups is 2. The number of hydrogen-bond donors (Lipinski definition) is 0. The highest BCUT2D eigenvalue weighted by atomic mass is 16.5. The van der Waals surface area contributed by atoms with E-state index in [1.54, 1.807) is 11.1 Å². The van der Waals surface area contributed by atoms with Gasteiger partial charge in [-0.05, 0) is 60.4 Å². The number of fused-ring (bicyclic) bond motifs is 1. The van der Waals surface area contributed by atoms with Gasteiger partial charge in [0.2, 0.25) is 0 Å². The van der Waals surface area contributed by atoms with Crippen LogP contribution in [-0.4, -0.2) is 22.8 Å². The third kappa shape index (κ3) is 3.35. The molecule has 0 spiro atoms. The minimum atomic E-state index is -0.517. The van der Waals surface area contributed by atoms with Crippen LogP contribution in [0.25, 0.3) is 0 Å². The first-order valence-electron chi connectivity index (χ1n) is 11.6. The zero-order chi connectivity index (χ0) is 22.6. The van der Waals surface area contributed by atoms with Gasteiger partial charge in [-0.15, -0.1) is 0 Å². The van der Waals surface area contributed by atoms with Crippen LogP contribution in [-0.2, 0) is 19.7 Å². The van der Waals surface area contributed by atoms with Crippen LogP contribution in [0, 0.1) is 12.8 Å². The summed E-state index contributed by atoms with van der Waals surface area (Å²) in [6.07, 6.45) is 5.24. The molecule has 0 bridgehead atoms. The number of benzene rings is 1. The number of anilines is 1. The monoisotopic (exact) mass is 430 g/mol. The van der Waals surface area contributed by atoms with Crippen molar-refractivity contribution in [1.82, 2.24) is 4.98 Å². The van der Waals surface area contributed by atoms with Gasteiger partial charge in [0.25, 0.3) is 5.91 Å². The summed E-state index contributed by atoms with van der Waals surface area (Å²) in [5.41, 5.74) is 3.65. The lowest BCUT2D eigenvalue weighted by Crippen LogP contribution is -2.39. The van der Waals surface area contributed by atoms with E-state index in [-0.39, 0.29) is 34.9 Å². The van der Waals surface area contributed by atoms with Crippen molar-refractivity contribution in [2.45, 2.75) is 70.9 Å². The van der Waals surface area contributed by atoms with Crippen molar-refractivity contribution in [2.75, 3.05) is 4.90 Å². The van der Waals surface area contributed by atoms with E-state index in [0.29, 0.717) is 11.4 Å². The second-order valence-corrected chi connectivity index (χ2v) is 10.3. The van der Waals surface area contributed by atoms with E-state index in [2.05, 4.69) is 37.9 Å². The number of carbonyl (C=O) groups excluding carboxylic acids is 2. The van der Waals surface area contributed by atoms with E-state index in [4.69, 9.17) is 4.74 Å². The van der Waals surface area contributed by atoms with Crippen LogP contribution in [0.5, 0.6) is 0 Å². The fourth-order valence-corrected chi connectivity index (χ4v) is 5.21. The van der Waals surface area contributed by atoms with Crippen molar-refractivity contribution in [2.24, 2.45) is 5.92 Å². The number of ether oxygens (including phenoxy) is 1. The van der Waals surface area contributed by atoms with Crippen molar-refractivity contribution >= 4 is 17.5 Å². The van der Waals surface area contributed by atoms with Gasteiger partial charge in [-0.2, -0.15) is 0 Å². The second kappa shape index (κ2) is 7.58. The standard InChI is InChI=1S/C27H30N2O3/c1-16-13-14-28-21(15-16)29-23(17-9-11-18(12-10-17)27(2,3)4)22-24(30)19-7-5-6-8-20(19)32-25(22)26(29)31/h9-15,19-20,23H,5-8H2,1-4H3.